The molecule has 3 saturated carbocycles. The minimum absolute atomic E-state index is 0.0724. The Kier molecular flexibility index (Phi) is 38.4. The number of aromatic nitrogens is 6. The van der Waals surface area contributed by atoms with E-state index < -0.39 is 4.96 Å². The zero-order chi connectivity index (χ0) is 101. The summed E-state index contributed by atoms with van der Waals surface area (Å²) >= 11 is 14.4. The Hall–Kier alpha value is -14.2. The molecule has 15 N–H and O–H groups in total. The van der Waals surface area contributed by atoms with Gasteiger partial charge in [0.05, 0.1) is 58.8 Å². The summed E-state index contributed by atoms with van der Waals surface area (Å²) < 4.78 is 24.3. The van der Waals surface area contributed by atoms with E-state index in [0.717, 1.165) is 123 Å². The molecule has 3 atom stereocenters. The number of rotatable bonds is 39. The number of ether oxygens (including phenoxy) is 3. The Bertz CT molecular complexity index is 6740. The fourth-order valence-corrected chi connectivity index (χ4v) is 16.4. The van der Waals surface area contributed by atoms with Gasteiger partial charge in [0.2, 0.25) is 0 Å². The molecule has 3 amide bonds. The summed E-state index contributed by atoms with van der Waals surface area (Å²) in [6, 6.07) is 99.0. The lowest BCUT2D eigenvalue weighted by molar-refractivity contribution is 0.101. The highest BCUT2D eigenvalue weighted by Gasteiger charge is 2.31. The van der Waals surface area contributed by atoms with E-state index >= 15 is 0 Å². The molecule has 0 radical (unpaired) electrons. The predicted molar refractivity (Wildman–Crippen MR) is 573 cm³/mol. The van der Waals surface area contributed by atoms with Crippen molar-refractivity contribution >= 4 is 79.8 Å². The average Bonchev–Trinajstić information content (AvgIpc) is 1.74. The van der Waals surface area contributed by atoms with Crippen molar-refractivity contribution in [2.45, 2.75) is 124 Å². The lowest BCUT2D eigenvalue weighted by Gasteiger charge is -2.25. The van der Waals surface area contributed by atoms with E-state index in [2.05, 4.69) is 144 Å². The molecule has 3 aliphatic rings. The normalized spacial score (nSPS) is 13.0. The molecule has 18 rings (SSSR count). The average molecular weight is 1980 g/mol. The molecule has 0 saturated heterocycles. The first-order valence-corrected chi connectivity index (χ1v) is 49.7. The molecule has 25 nitrogen and oxygen atoms in total. The number of nitrogens with one attached hydrogen (secondary N) is 7. The third kappa shape index (κ3) is 30.7. The molecule has 3 fully saturated rings. The number of hydrogen-bond donors (Lipinski definition) is 12. The maximum Gasteiger partial charge on any atom is 0.450 e. The Morgan fingerprint density at radius 3 is 1.20 bits per heavy atom. The highest BCUT2D eigenvalue weighted by Crippen LogP contribution is 2.43. The summed E-state index contributed by atoms with van der Waals surface area (Å²) in [6.45, 7) is 24.7. The van der Waals surface area contributed by atoms with E-state index in [1.54, 1.807) is 56.5 Å². The van der Waals surface area contributed by atoms with Crippen molar-refractivity contribution in [1.82, 2.24) is 50.6 Å². The van der Waals surface area contributed by atoms with E-state index in [0.29, 0.717) is 125 Å². The lowest BCUT2D eigenvalue weighted by atomic mass is 9.94. The van der Waals surface area contributed by atoms with E-state index in [1.165, 1.54) is 50.2 Å². The summed E-state index contributed by atoms with van der Waals surface area (Å²) in [4.78, 5) is 43.5. The van der Waals surface area contributed by atoms with Gasteiger partial charge in [-0.1, -0.05) is 207 Å². The predicted octanol–water partition coefficient (Wildman–Crippen LogP) is 21.8. The van der Waals surface area contributed by atoms with Crippen LogP contribution in [0.1, 0.15) is 179 Å². The van der Waals surface area contributed by atoms with Crippen molar-refractivity contribution in [2.75, 3.05) is 61.8 Å². The number of aryl methyl sites for hydroxylation is 4. The summed E-state index contributed by atoms with van der Waals surface area (Å²) in [5.74, 6) is 3.11. The maximum absolute atomic E-state index is 13.8. The first-order chi connectivity index (χ1) is 69.6. The SMILES string of the molecule is CCc1cccc(-n2nc(C)cc2C(=O)Nc2cccc(C(NCC3CC3)c3cccc(OCc4ccccc4)c3OCc3ccccc3)c2)c1.Cc1cc(C(=O)Nc2cccc(C(NCC3CC3)c3cccc(O)c3O)c2)n(-c2cccc(CN)c2)n1.ClB(Cl)Cl.NCCNCCN.[C-]#[N+]c1cccc(-n2nc(C)cc2C(=O)Nc2cccc(C(NCC3CC3)c3cccc(OCc4ccccc4)c3C)c2)c1. The summed E-state index contributed by atoms with van der Waals surface area (Å²) in [5, 5.41) is 57.8. The first kappa shape index (κ1) is 105. The molecule has 15 aromatic rings. The monoisotopic (exact) mass is 1970 g/mol. The Morgan fingerprint density at radius 1 is 0.420 bits per heavy atom. The van der Waals surface area contributed by atoms with Gasteiger partial charge in [-0.05, 0) is 275 Å². The molecule has 0 spiro atoms. The van der Waals surface area contributed by atoms with Crippen LogP contribution in [-0.4, -0.2) is 108 Å². The number of nitrogens with zero attached hydrogens (tertiary/aromatic N) is 7. The zero-order valence-electron chi connectivity index (χ0n) is 81.1. The van der Waals surface area contributed by atoms with Gasteiger partial charge in [0.15, 0.2) is 28.7 Å². The Balaban J connectivity index is 0.000000163. The Labute approximate surface area is 851 Å². The number of benzene rings is 12. The van der Waals surface area contributed by atoms with Crippen LogP contribution in [0.3, 0.4) is 0 Å². The third-order valence-corrected chi connectivity index (χ3v) is 24.4. The number of aromatic hydroxyl groups is 2. The van der Waals surface area contributed by atoms with Crippen LogP contribution in [0.2, 0.25) is 0 Å². The van der Waals surface area contributed by atoms with Crippen molar-refractivity contribution < 1.29 is 38.8 Å². The quantitative estimate of drug-likeness (QED) is 0.00737. The zero-order valence-corrected chi connectivity index (χ0v) is 83.3. The number of para-hydroxylation sites is 2. The van der Waals surface area contributed by atoms with Gasteiger partial charge in [0.25, 0.3) is 17.7 Å². The molecule has 3 aromatic heterocycles. The van der Waals surface area contributed by atoms with Crippen LogP contribution in [0.4, 0.5) is 22.7 Å². The highest BCUT2D eigenvalue weighted by molar-refractivity contribution is 7.54. The largest absolute Gasteiger partial charge is 0.504 e. The second kappa shape index (κ2) is 52.5. The number of carbonyl (C=O) groups is 3. The van der Waals surface area contributed by atoms with E-state index in [-0.39, 0.29) is 47.3 Å². The molecule has 3 unspecified atom stereocenters. The number of carbonyl (C=O) groups excluding carboxylic acids is 3. The number of phenols is 2. The molecule has 736 valence electrons. The van der Waals surface area contributed by atoms with Crippen LogP contribution in [0.25, 0.3) is 21.9 Å². The molecule has 0 bridgehead atoms. The van der Waals surface area contributed by atoms with Gasteiger partial charge in [0, 0.05) is 60.9 Å². The number of nitrogens with two attached hydrogens (primary N) is 3. The second-order valence-electron chi connectivity index (χ2n) is 35.6. The van der Waals surface area contributed by atoms with Crippen LogP contribution in [0, 0.1) is 52.0 Å². The lowest BCUT2D eigenvalue weighted by Crippen LogP contribution is -2.27. The van der Waals surface area contributed by atoms with Crippen molar-refractivity contribution in [1.29, 1.82) is 0 Å². The van der Waals surface area contributed by atoms with Crippen molar-refractivity contribution in [3.05, 3.63) is 422 Å². The highest BCUT2D eigenvalue weighted by atomic mass is 35.6. The van der Waals surface area contributed by atoms with Gasteiger partial charge in [-0.2, -0.15) is 49.7 Å². The number of halogens is 3. The van der Waals surface area contributed by atoms with Crippen LogP contribution < -0.4 is 68.6 Å². The molecule has 3 heterocycles. The van der Waals surface area contributed by atoms with E-state index in [9.17, 15) is 24.6 Å². The van der Waals surface area contributed by atoms with Crippen LogP contribution in [-0.2, 0) is 32.8 Å². The molecular weight excluding hydrogens is 1850 g/mol. The number of phenolic OH excluding ortho intramolecular Hbond substituents is 2. The van der Waals surface area contributed by atoms with E-state index in [4.69, 9.17) is 72.4 Å². The minimum atomic E-state index is -0.750. The van der Waals surface area contributed by atoms with Gasteiger partial charge < -0.3 is 78.8 Å². The molecule has 3 aliphatic carbocycles. The van der Waals surface area contributed by atoms with Gasteiger partial charge >= 0.3 is 4.96 Å². The second-order valence-corrected chi connectivity index (χ2v) is 37.6. The molecular formula is C114H123BCl3N17O8. The minimum Gasteiger partial charge on any atom is -0.504 e. The fraction of sp³-hybridized carbons (Fsp3) is 0.254. The molecule has 12 aromatic carbocycles. The number of anilines is 3. The summed E-state index contributed by atoms with van der Waals surface area (Å²) in [6.07, 6.45) is 8.22. The van der Waals surface area contributed by atoms with Crippen molar-refractivity contribution in [3.63, 3.8) is 0 Å². The van der Waals surface area contributed by atoms with Gasteiger partial charge in [-0.25, -0.2) is 18.9 Å². The first-order valence-electron chi connectivity index (χ1n) is 48.4. The number of hydrogen-bond acceptors (Lipinski definition) is 18. The third-order valence-electron chi connectivity index (χ3n) is 24.4. The fourth-order valence-electron chi connectivity index (χ4n) is 16.4. The van der Waals surface area contributed by atoms with Gasteiger partial charge in [-0.3, -0.25) is 14.4 Å². The van der Waals surface area contributed by atoms with Crippen molar-refractivity contribution in [3.8, 4) is 45.8 Å². The Morgan fingerprint density at radius 2 is 0.776 bits per heavy atom. The summed E-state index contributed by atoms with van der Waals surface area (Å²) in [7, 11) is 0. The smallest absolute Gasteiger partial charge is 0.450 e. The van der Waals surface area contributed by atoms with Gasteiger partial charge in [0.1, 0.15) is 42.7 Å². The van der Waals surface area contributed by atoms with Crippen LogP contribution >= 0.6 is 34.4 Å². The maximum atomic E-state index is 13.8. The summed E-state index contributed by atoms with van der Waals surface area (Å²) in [5.41, 5.74) is 36.6. The van der Waals surface area contributed by atoms with Crippen LogP contribution in [0.15, 0.2) is 309 Å². The number of amides is 3. The van der Waals surface area contributed by atoms with Crippen LogP contribution in [0.5, 0.6) is 28.7 Å². The van der Waals surface area contributed by atoms with Crippen molar-refractivity contribution in [2.24, 2.45) is 35.0 Å². The topological polar surface area (TPSA) is 339 Å². The molecule has 29 heteroatoms. The molecule has 0 aliphatic heterocycles. The standard InChI is InChI=1S/C44H44N4O3.C37H35N5O2.C29H31N5O3.C4H13N3.BCl3/c1-3-32-17-10-20-38(26-32)48-40(25-31(2)47-48)44(49)46-37-19-11-18-36(27-37)42(45-28-33-23-24-33)39-21-12-22-41(50-29-34-13-6-4-7-14-34)43(39)51-30-35-15-8-5-9-16-35;1-25-20-34(42(41-25)32-15-8-13-30(22-32)38-3)37(43)40-31-14-7-12-29(21-31)36(39-23-27-18-19-27)33-16-9-17-35(26(33)2)44-24-28-10-5-4-6-11-28;1-18-13-25(34(33-18)23-8-2-5-20(14-23)16-30)29(37)32-22-7-3-6-21(15-22)27(31-17-19-11-12-19)24-9-4-10-26(35)28(24)36;5-1-3-7-4-2-6;2-1(3)4/h4-22,25-27,33,42,45H,3,23-24,28-30H2,1-2H3,(H,46,49);4-17,20-22,27,36,39H,18-19,23-24H2,1-2H3,(H,40,43);2-10,13-15,19,27,31,35-36H,11-12,16-17,30H2,1H3,(H,32,37);7H,1-6H2;. The van der Waals surface area contributed by atoms with E-state index in [1.807, 2.05) is 209 Å². The van der Waals surface area contributed by atoms with Gasteiger partial charge in [-0.15, -0.1) is 0 Å². The molecule has 143 heavy (non-hydrogen) atoms.